The number of ether oxygens (including phenoxy) is 2. The molecular weight excluding hydrogens is 681 g/mol. The van der Waals surface area contributed by atoms with Crippen LogP contribution in [0.1, 0.15) is 103 Å². The SMILES string of the molecule is CC1(C)CC(OC(=O)C(Cc2ccccc2)(Cc2ccccc2)C(=O)OC2CC(C)(C)N(Cc3ccccc3)C(C)(C)C2)CC(C)(C)N1Cc1ccccc1. The molecule has 0 unspecified atom stereocenters. The molecule has 4 aromatic rings. The maximum Gasteiger partial charge on any atom is 0.324 e. The van der Waals surface area contributed by atoms with E-state index in [1.165, 1.54) is 11.1 Å². The third-order valence-corrected chi connectivity index (χ3v) is 12.2. The summed E-state index contributed by atoms with van der Waals surface area (Å²) >= 11 is 0. The Kier molecular flexibility index (Phi) is 11.8. The summed E-state index contributed by atoms with van der Waals surface area (Å²) in [5, 5.41) is 0. The van der Waals surface area contributed by atoms with E-state index >= 15 is 9.59 Å². The van der Waals surface area contributed by atoms with Crippen LogP contribution in [0.4, 0.5) is 0 Å². The quantitative estimate of drug-likeness (QED) is 0.106. The van der Waals surface area contributed by atoms with Gasteiger partial charge in [-0.15, -0.1) is 0 Å². The topological polar surface area (TPSA) is 59.1 Å². The minimum Gasteiger partial charge on any atom is -0.461 e. The van der Waals surface area contributed by atoms with Crippen molar-refractivity contribution in [1.29, 1.82) is 0 Å². The summed E-state index contributed by atoms with van der Waals surface area (Å²) in [7, 11) is 0. The molecule has 0 spiro atoms. The number of hydrogen-bond donors (Lipinski definition) is 0. The number of likely N-dealkylation sites (tertiary alicyclic amines) is 2. The fraction of sp³-hybridized carbons (Fsp3) is 0.469. The standard InChI is InChI=1S/C49H62N2O4/c1-45(2)31-41(32-46(3,4)50(45)35-39-25-17-11-18-26-39)54-43(52)49(29-37-21-13-9-14-22-37,30-38-23-15-10-16-24-38)44(53)55-42-33-47(5,6)51(48(7,8)34-42)36-40-27-19-12-20-28-40/h9-28,41-42H,29-36H2,1-8H3. The van der Waals surface area contributed by atoms with Crippen LogP contribution in [0.25, 0.3) is 0 Å². The molecule has 4 aromatic carbocycles. The van der Waals surface area contributed by atoms with Gasteiger partial charge in [-0.05, 0) is 90.5 Å². The van der Waals surface area contributed by atoms with E-state index in [-0.39, 0.29) is 47.2 Å². The number of esters is 2. The Labute approximate surface area is 330 Å². The Morgan fingerprint density at radius 3 is 1.00 bits per heavy atom. The summed E-state index contributed by atoms with van der Waals surface area (Å²) in [6.07, 6.45) is 2.22. The van der Waals surface area contributed by atoms with E-state index in [9.17, 15) is 0 Å². The van der Waals surface area contributed by atoms with Crippen molar-refractivity contribution in [1.82, 2.24) is 9.80 Å². The van der Waals surface area contributed by atoms with Crippen molar-refractivity contribution in [3.05, 3.63) is 144 Å². The highest BCUT2D eigenvalue weighted by Gasteiger charge is 2.54. The predicted molar refractivity (Wildman–Crippen MR) is 221 cm³/mol. The predicted octanol–water partition coefficient (Wildman–Crippen LogP) is 9.99. The number of rotatable bonds is 12. The van der Waals surface area contributed by atoms with Gasteiger partial charge in [0.25, 0.3) is 0 Å². The zero-order chi connectivity index (χ0) is 39.5. The minimum absolute atomic E-state index is 0.180. The van der Waals surface area contributed by atoms with E-state index in [4.69, 9.17) is 9.47 Å². The van der Waals surface area contributed by atoms with Crippen LogP contribution in [0.15, 0.2) is 121 Å². The lowest BCUT2D eigenvalue weighted by Crippen LogP contribution is -2.62. The van der Waals surface area contributed by atoms with Gasteiger partial charge in [0.15, 0.2) is 5.41 Å². The smallest absolute Gasteiger partial charge is 0.324 e. The van der Waals surface area contributed by atoms with Crippen molar-refractivity contribution in [2.75, 3.05) is 0 Å². The molecule has 0 bridgehead atoms. The van der Waals surface area contributed by atoms with E-state index in [1.54, 1.807) is 0 Å². The van der Waals surface area contributed by atoms with Gasteiger partial charge in [0.1, 0.15) is 12.2 Å². The van der Waals surface area contributed by atoms with Gasteiger partial charge in [0.2, 0.25) is 0 Å². The number of carbonyl (C=O) groups is 2. The molecule has 0 N–H and O–H groups in total. The maximum absolute atomic E-state index is 15.2. The lowest BCUT2D eigenvalue weighted by molar-refractivity contribution is -0.189. The highest BCUT2D eigenvalue weighted by molar-refractivity contribution is 6.01. The normalized spacial score (nSPS) is 20.1. The van der Waals surface area contributed by atoms with Crippen LogP contribution in [0, 0.1) is 5.41 Å². The van der Waals surface area contributed by atoms with Gasteiger partial charge in [0, 0.05) is 60.9 Å². The Morgan fingerprint density at radius 1 is 0.473 bits per heavy atom. The molecule has 0 aliphatic carbocycles. The largest absolute Gasteiger partial charge is 0.461 e. The van der Waals surface area contributed by atoms with Crippen molar-refractivity contribution in [2.24, 2.45) is 5.41 Å². The Morgan fingerprint density at radius 2 is 0.727 bits per heavy atom. The summed E-state index contributed by atoms with van der Waals surface area (Å²) < 4.78 is 13.3. The molecule has 2 saturated heterocycles. The van der Waals surface area contributed by atoms with E-state index in [0.29, 0.717) is 25.7 Å². The van der Waals surface area contributed by atoms with E-state index in [0.717, 1.165) is 24.2 Å². The fourth-order valence-electron chi connectivity index (χ4n) is 9.86. The molecule has 55 heavy (non-hydrogen) atoms. The van der Waals surface area contributed by atoms with Crippen LogP contribution in [-0.2, 0) is 45.0 Å². The van der Waals surface area contributed by atoms with Gasteiger partial charge in [0.05, 0.1) is 0 Å². The number of piperidine rings is 2. The molecule has 0 amide bonds. The molecule has 0 radical (unpaired) electrons. The first-order valence-electron chi connectivity index (χ1n) is 20.1. The highest BCUT2D eigenvalue weighted by atomic mass is 16.6. The number of hydrogen-bond acceptors (Lipinski definition) is 6. The monoisotopic (exact) mass is 742 g/mol. The van der Waals surface area contributed by atoms with Gasteiger partial charge in [-0.25, -0.2) is 0 Å². The van der Waals surface area contributed by atoms with Crippen LogP contribution in [0.2, 0.25) is 0 Å². The number of carbonyl (C=O) groups excluding carboxylic acids is 2. The average Bonchev–Trinajstić information content (AvgIpc) is 3.12. The van der Waals surface area contributed by atoms with E-state index in [1.807, 2.05) is 72.8 Å². The third-order valence-electron chi connectivity index (χ3n) is 12.2. The Balaban J connectivity index is 1.31. The molecule has 6 nitrogen and oxygen atoms in total. The van der Waals surface area contributed by atoms with Crippen LogP contribution < -0.4 is 0 Å². The summed E-state index contributed by atoms with van der Waals surface area (Å²) in [5.41, 5.74) is 1.63. The molecule has 2 heterocycles. The van der Waals surface area contributed by atoms with Crippen LogP contribution in [0.3, 0.4) is 0 Å². The molecule has 0 saturated carbocycles. The van der Waals surface area contributed by atoms with Gasteiger partial charge < -0.3 is 9.47 Å². The van der Waals surface area contributed by atoms with Crippen LogP contribution in [0.5, 0.6) is 0 Å². The second kappa shape index (κ2) is 16.1. The maximum atomic E-state index is 15.2. The first-order valence-corrected chi connectivity index (χ1v) is 20.1. The summed E-state index contributed by atoms with van der Waals surface area (Å²) in [4.78, 5) is 35.4. The first-order chi connectivity index (χ1) is 26.0. The second-order valence-corrected chi connectivity index (χ2v) is 18.7. The lowest BCUT2D eigenvalue weighted by atomic mass is 9.74. The zero-order valence-corrected chi connectivity index (χ0v) is 34.4. The van der Waals surface area contributed by atoms with Crippen LogP contribution >= 0.6 is 0 Å². The molecule has 0 atom stereocenters. The average molecular weight is 743 g/mol. The van der Waals surface area contributed by atoms with Crippen molar-refractivity contribution in [3.8, 4) is 0 Å². The van der Waals surface area contributed by atoms with Gasteiger partial charge in [-0.1, -0.05) is 121 Å². The molecule has 6 heteroatoms. The molecule has 0 aromatic heterocycles. The molecular formula is C49H62N2O4. The summed E-state index contributed by atoms with van der Waals surface area (Å²) in [6.45, 7) is 19.5. The van der Waals surface area contributed by atoms with Crippen molar-refractivity contribution in [3.63, 3.8) is 0 Å². The van der Waals surface area contributed by atoms with Crippen LogP contribution in [-0.4, -0.2) is 56.1 Å². The van der Waals surface area contributed by atoms with Gasteiger partial charge in [-0.3, -0.25) is 19.4 Å². The van der Waals surface area contributed by atoms with E-state index in [2.05, 4.69) is 114 Å². The van der Waals surface area contributed by atoms with Gasteiger partial charge >= 0.3 is 11.9 Å². The van der Waals surface area contributed by atoms with E-state index < -0.39 is 17.4 Å². The summed E-state index contributed by atoms with van der Waals surface area (Å²) in [5.74, 6) is -1.00. The number of nitrogens with zero attached hydrogens (tertiary/aromatic N) is 2. The molecule has 6 rings (SSSR count). The van der Waals surface area contributed by atoms with Crippen molar-refractivity contribution < 1.29 is 19.1 Å². The Bertz CT molecular complexity index is 1700. The molecule has 292 valence electrons. The Hall–Kier alpha value is -4.26. The fourth-order valence-corrected chi connectivity index (χ4v) is 9.86. The molecule has 2 aliphatic rings. The summed E-state index contributed by atoms with van der Waals surface area (Å²) in [6, 6.07) is 40.8. The highest BCUT2D eigenvalue weighted by Crippen LogP contribution is 2.44. The van der Waals surface area contributed by atoms with Crippen molar-refractivity contribution in [2.45, 2.75) is 141 Å². The first kappa shape index (κ1) is 40.4. The van der Waals surface area contributed by atoms with Gasteiger partial charge in [-0.2, -0.15) is 0 Å². The van der Waals surface area contributed by atoms with Crippen molar-refractivity contribution >= 4 is 11.9 Å². The number of benzene rings is 4. The molecule has 2 aliphatic heterocycles. The minimum atomic E-state index is -1.59. The third kappa shape index (κ3) is 9.41. The lowest BCUT2D eigenvalue weighted by Gasteiger charge is -2.55. The second-order valence-electron chi connectivity index (χ2n) is 18.7. The zero-order valence-electron chi connectivity index (χ0n) is 34.4. The molecule has 2 fully saturated rings.